The number of nitrogens with two attached hydrogens (primary N) is 1. The molecule has 1 heterocycles. The average molecular weight is 273 g/mol. The van der Waals surface area contributed by atoms with Gasteiger partial charge in [0, 0.05) is 12.1 Å². The van der Waals surface area contributed by atoms with E-state index < -0.39 is 17.7 Å². The summed E-state index contributed by atoms with van der Waals surface area (Å²) in [5.41, 5.74) is 2.00. The standard InChI is InChI=1S/C11H17F2N5O/c1-5(2)15-11(19)6(3)16-9-7(12)4-8(13)10(17-9)18-14/h4-6H,14H2,1-3H3,(H,15,19)(H2,16,17,18). The molecule has 1 unspecified atom stereocenters. The third kappa shape index (κ3) is 4.02. The summed E-state index contributed by atoms with van der Waals surface area (Å²) in [4.78, 5) is 15.3. The lowest BCUT2D eigenvalue weighted by Crippen LogP contribution is -2.41. The van der Waals surface area contributed by atoms with Crippen LogP contribution in [0.4, 0.5) is 20.4 Å². The maximum absolute atomic E-state index is 13.5. The summed E-state index contributed by atoms with van der Waals surface area (Å²) in [6.45, 7) is 5.15. The van der Waals surface area contributed by atoms with Gasteiger partial charge in [0.05, 0.1) is 0 Å². The molecule has 0 bridgehead atoms. The highest BCUT2D eigenvalue weighted by Crippen LogP contribution is 2.18. The van der Waals surface area contributed by atoms with E-state index in [2.05, 4.69) is 15.6 Å². The zero-order chi connectivity index (χ0) is 14.6. The third-order valence-corrected chi connectivity index (χ3v) is 2.24. The van der Waals surface area contributed by atoms with E-state index in [0.29, 0.717) is 6.07 Å². The van der Waals surface area contributed by atoms with Gasteiger partial charge >= 0.3 is 0 Å². The van der Waals surface area contributed by atoms with Crippen molar-refractivity contribution < 1.29 is 13.6 Å². The number of nitrogens with zero attached hydrogens (tertiary/aromatic N) is 1. The zero-order valence-corrected chi connectivity index (χ0v) is 10.9. The van der Waals surface area contributed by atoms with E-state index in [9.17, 15) is 13.6 Å². The maximum Gasteiger partial charge on any atom is 0.242 e. The van der Waals surface area contributed by atoms with Gasteiger partial charge in [0.15, 0.2) is 23.3 Å². The number of anilines is 2. The van der Waals surface area contributed by atoms with Crippen molar-refractivity contribution in [2.45, 2.75) is 32.9 Å². The number of halogens is 2. The molecule has 1 aromatic heterocycles. The minimum atomic E-state index is -0.912. The fourth-order valence-corrected chi connectivity index (χ4v) is 1.35. The topological polar surface area (TPSA) is 92.1 Å². The van der Waals surface area contributed by atoms with Crippen LogP contribution in [0.15, 0.2) is 6.07 Å². The van der Waals surface area contributed by atoms with Gasteiger partial charge in [-0.15, -0.1) is 0 Å². The van der Waals surface area contributed by atoms with Gasteiger partial charge in [-0.1, -0.05) is 0 Å². The Morgan fingerprint density at radius 3 is 2.37 bits per heavy atom. The van der Waals surface area contributed by atoms with E-state index >= 15 is 0 Å². The number of carbonyl (C=O) groups excluding carboxylic acids is 1. The summed E-state index contributed by atoms with van der Waals surface area (Å²) < 4.78 is 26.6. The predicted molar refractivity (Wildman–Crippen MR) is 68.3 cm³/mol. The Kier molecular flexibility index (Phi) is 4.99. The monoisotopic (exact) mass is 273 g/mol. The quantitative estimate of drug-likeness (QED) is 0.474. The van der Waals surface area contributed by atoms with E-state index in [4.69, 9.17) is 5.84 Å². The van der Waals surface area contributed by atoms with E-state index in [1.807, 2.05) is 5.43 Å². The third-order valence-electron chi connectivity index (χ3n) is 2.24. The predicted octanol–water partition coefficient (Wildman–Crippen LogP) is 0.970. The van der Waals surface area contributed by atoms with E-state index in [1.165, 1.54) is 6.92 Å². The average Bonchev–Trinajstić information content (AvgIpc) is 2.31. The molecule has 0 aliphatic heterocycles. The number of carbonyl (C=O) groups is 1. The first-order valence-corrected chi connectivity index (χ1v) is 5.74. The van der Waals surface area contributed by atoms with Crippen molar-refractivity contribution in [1.82, 2.24) is 10.3 Å². The normalized spacial score (nSPS) is 12.2. The molecular weight excluding hydrogens is 256 g/mol. The highest BCUT2D eigenvalue weighted by molar-refractivity contribution is 5.84. The van der Waals surface area contributed by atoms with Gasteiger partial charge in [-0.3, -0.25) is 4.79 Å². The number of amides is 1. The lowest BCUT2D eigenvalue weighted by molar-refractivity contribution is -0.122. The molecule has 0 aliphatic rings. The summed E-state index contributed by atoms with van der Waals surface area (Å²) in [6, 6.07) is -0.123. The maximum atomic E-state index is 13.5. The fourth-order valence-electron chi connectivity index (χ4n) is 1.35. The number of pyridine rings is 1. The number of hydrogen-bond donors (Lipinski definition) is 4. The lowest BCUT2D eigenvalue weighted by atomic mass is 10.2. The first-order chi connectivity index (χ1) is 8.85. The van der Waals surface area contributed by atoms with Gasteiger partial charge < -0.3 is 16.1 Å². The fraction of sp³-hybridized carbons (Fsp3) is 0.455. The largest absolute Gasteiger partial charge is 0.356 e. The van der Waals surface area contributed by atoms with Crippen molar-refractivity contribution in [1.29, 1.82) is 0 Å². The summed E-state index contributed by atoms with van der Waals surface area (Å²) >= 11 is 0. The lowest BCUT2D eigenvalue weighted by Gasteiger charge is -2.17. The molecule has 8 heteroatoms. The Morgan fingerprint density at radius 1 is 1.26 bits per heavy atom. The van der Waals surface area contributed by atoms with Gasteiger partial charge in [0.2, 0.25) is 5.91 Å². The van der Waals surface area contributed by atoms with E-state index in [-0.39, 0.29) is 23.6 Å². The van der Waals surface area contributed by atoms with Crippen molar-refractivity contribution in [2.75, 3.05) is 10.7 Å². The highest BCUT2D eigenvalue weighted by atomic mass is 19.1. The van der Waals surface area contributed by atoms with E-state index in [1.54, 1.807) is 13.8 Å². The van der Waals surface area contributed by atoms with Crippen molar-refractivity contribution in [3.63, 3.8) is 0 Å². The first kappa shape index (κ1) is 15.1. The molecule has 1 rings (SSSR count). The first-order valence-electron chi connectivity index (χ1n) is 5.74. The summed E-state index contributed by atoms with van der Waals surface area (Å²) in [5.74, 6) is 2.36. The van der Waals surface area contributed by atoms with Crippen LogP contribution >= 0.6 is 0 Å². The van der Waals surface area contributed by atoms with E-state index in [0.717, 1.165) is 0 Å². The van der Waals surface area contributed by atoms with Crippen LogP contribution in [0.1, 0.15) is 20.8 Å². The van der Waals surface area contributed by atoms with Gasteiger partial charge in [0.1, 0.15) is 6.04 Å². The molecule has 0 spiro atoms. The molecule has 0 fully saturated rings. The Bertz CT molecular complexity index is 467. The Morgan fingerprint density at radius 2 is 1.84 bits per heavy atom. The minimum Gasteiger partial charge on any atom is -0.356 e. The minimum absolute atomic E-state index is 0.0379. The highest BCUT2D eigenvalue weighted by Gasteiger charge is 2.17. The molecule has 0 saturated heterocycles. The van der Waals surface area contributed by atoms with Crippen LogP contribution < -0.4 is 21.9 Å². The summed E-state index contributed by atoms with van der Waals surface area (Å²) in [7, 11) is 0. The Labute approximate surface area is 109 Å². The molecule has 106 valence electrons. The molecule has 6 nitrogen and oxygen atoms in total. The molecule has 0 aliphatic carbocycles. The Balaban J connectivity index is 2.84. The van der Waals surface area contributed by atoms with Gasteiger partial charge in [-0.25, -0.2) is 19.6 Å². The second-order valence-electron chi connectivity index (χ2n) is 4.32. The summed E-state index contributed by atoms with van der Waals surface area (Å²) in [6.07, 6.45) is 0. The molecule has 0 saturated carbocycles. The number of hydrogen-bond acceptors (Lipinski definition) is 5. The second kappa shape index (κ2) is 6.28. The number of aromatic nitrogens is 1. The van der Waals surface area contributed by atoms with Crippen molar-refractivity contribution in [3.8, 4) is 0 Å². The molecule has 19 heavy (non-hydrogen) atoms. The molecule has 5 N–H and O–H groups in total. The second-order valence-corrected chi connectivity index (χ2v) is 4.32. The van der Waals surface area contributed by atoms with Crippen LogP contribution in [0.25, 0.3) is 0 Å². The van der Waals surface area contributed by atoms with Crippen LogP contribution in [0.2, 0.25) is 0 Å². The van der Waals surface area contributed by atoms with Crippen LogP contribution in [-0.2, 0) is 4.79 Å². The van der Waals surface area contributed by atoms with Crippen molar-refractivity contribution >= 4 is 17.5 Å². The van der Waals surface area contributed by atoms with Gasteiger partial charge in [-0.05, 0) is 20.8 Å². The number of nitrogen functional groups attached to an aromatic ring is 1. The number of rotatable bonds is 5. The molecule has 1 aromatic rings. The number of hydrazine groups is 1. The molecule has 0 radical (unpaired) electrons. The van der Waals surface area contributed by atoms with Crippen LogP contribution in [0.3, 0.4) is 0 Å². The number of nitrogens with one attached hydrogen (secondary N) is 3. The smallest absolute Gasteiger partial charge is 0.242 e. The Hall–Kier alpha value is -1.96. The molecule has 0 aromatic carbocycles. The van der Waals surface area contributed by atoms with Gasteiger partial charge in [-0.2, -0.15) is 0 Å². The molecular formula is C11H17F2N5O. The zero-order valence-electron chi connectivity index (χ0n) is 10.9. The summed E-state index contributed by atoms with van der Waals surface area (Å²) in [5, 5.41) is 5.21. The van der Waals surface area contributed by atoms with Crippen LogP contribution in [0, 0.1) is 11.6 Å². The van der Waals surface area contributed by atoms with Crippen molar-refractivity contribution in [3.05, 3.63) is 17.7 Å². The van der Waals surface area contributed by atoms with Gasteiger partial charge in [0.25, 0.3) is 0 Å². The molecule has 1 amide bonds. The van der Waals surface area contributed by atoms with Crippen molar-refractivity contribution in [2.24, 2.45) is 5.84 Å². The molecule has 1 atom stereocenters. The SMILES string of the molecule is CC(C)NC(=O)C(C)Nc1nc(NN)c(F)cc1F. The van der Waals surface area contributed by atoms with Crippen LogP contribution in [-0.4, -0.2) is 23.0 Å². The van der Waals surface area contributed by atoms with Crippen LogP contribution in [0.5, 0.6) is 0 Å².